The zero-order valence-electron chi connectivity index (χ0n) is 18.5. The van der Waals surface area contributed by atoms with Crippen LogP contribution < -0.4 is 16.0 Å². The zero-order valence-corrected chi connectivity index (χ0v) is 18.5. The van der Waals surface area contributed by atoms with Crippen LogP contribution in [-0.4, -0.2) is 74.2 Å². The van der Waals surface area contributed by atoms with E-state index in [9.17, 15) is 22.8 Å². The fourth-order valence-corrected chi connectivity index (χ4v) is 4.06. The second-order valence-electron chi connectivity index (χ2n) is 8.16. The number of morpholine rings is 1. The molecule has 3 amide bonds. The Balaban J connectivity index is 1.41. The predicted octanol–water partition coefficient (Wildman–Crippen LogP) is 3.11. The number of halogens is 3. The maximum atomic E-state index is 13.1. The average Bonchev–Trinajstić information content (AvgIpc) is 2.84. The number of piperazine rings is 1. The Labute approximate surface area is 195 Å². The maximum Gasteiger partial charge on any atom is 0.416 e. The SMILES string of the molecule is Nc1ccc(N2CCN(C(=O)Nc3cccc(C(F)(F)F)c3)CC2)c(C(=O)N2CCOCC2)c1. The van der Waals surface area contributed by atoms with Gasteiger partial charge in [0.25, 0.3) is 5.91 Å². The third kappa shape index (κ3) is 5.36. The maximum absolute atomic E-state index is 13.1. The Hall–Kier alpha value is -3.47. The van der Waals surface area contributed by atoms with Crippen LogP contribution in [0.1, 0.15) is 15.9 Å². The molecule has 0 aromatic heterocycles. The summed E-state index contributed by atoms with van der Waals surface area (Å²) in [6.07, 6.45) is -4.48. The van der Waals surface area contributed by atoms with Gasteiger partial charge in [-0.05, 0) is 36.4 Å². The highest BCUT2D eigenvalue weighted by Crippen LogP contribution is 2.31. The lowest BCUT2D eigenvalue weighted by molar-refractivity contribution is -0.137. The molecule has 11 heteroatoms. The number of rotatable bonds is 3. The molecule has 3 N–H and O–H groups in total. The minimum atomic E-state index is -4.48. The normalized spacial score (nSPS) is 17.0. The number of nitrogens with zero attached hydrogens (tertiary/aromatic N) is 3. The van der Waals surface area contributed by atoms with Crippen molar-refractivity contribution in [2.75, 3.05) is 68.4 Å². The van der Waals surface area contributed by atoms with E-state index in [1.54, 1.807) is 23.1 Å². The van der Waals surface area contributed by atoms with Crippen molar-refractivity contribution < 1.29 is 27.5 Å². The molecule has 182 valence electrons. The van der Waals surface area contributed by atoms with Crippen molar-refractivity contribution in [1.82, 2.24) is 9.80 Å². The first kappa shape index (κ1) is 23.7. The molecule has 0 radical (unpaired) electrons. The second-order valence-corrected chi connectivity index (χ2v) is 8.16. The predicted molar refractivity (Wildman–Crippen MR) is 122 cm³/mol. The van der Waals surface area contributed by atoms with Crippen LogP contribution in [0, 0.1) is 0 Å². The summed E-state index contributed by atoms with van der Waals surface area (Å²) in [7, 11) is 0. The molecule has 2 aliphatic heterocycles. The molecule has 2 aromatic carbocycles. The number of anilines is 3. The summed E-state index contributed by atoms with van der Waals surface area (Å²) in [5.74, 6) is -0.115. The van der Waals surface area contributed by atoms with Gasteiger partial charge in [-0.15, -0.1) is 0 Å². The molecule has 0 spiro atoms. The molecule has 2 heterocycles. The van der Waals surface area contributed by atoms with Crippen molar-refractivity contribution in [3.8, 4) is 0 Å². The van der Waals surface area contributed by atoms with Gasteiger partial charge in [0.15, 0.2) is 0 Å². The molecule has 0 unspecified atom stereocenters. The summed E-state index contributed by atoms with van der Waals surface area (Å²) < 4.78 is 44.1. The van der Waals surface area contributed by atoms with Gasteiger partial charge < -0.3 is 30.5 Å². The Bertz CT molecular complexity index is 1050. The zero-order chi connectivity index (χ0) is 24.3. The quantitative estimate of drug-likeness (QED) is 0.663. The van der Waals surface area contributed by atoms with Gasteiger partial charge in [0, 0.05) is 56.3 Å². The third-order valence-corrected chi connectivity index (χ3v) is 5.90. The molecule has 0 atom stereocenters. The first-order valence-corrected chi connectivity index (χ1v) is 11.0. The molecule has 0 bridgehead atoms. The van der Waals surface area contributed by atoms with E-state index in [0.29, 0.717) is 63.7 Å². The number of nitrogen functional groups attached to an aromatic ring is 1. The largest absolute Gasteiger partial charge is 0.416 e. The van der Waals surface area contributed by atoms with Crippen LogP contribution >= 0.6 is 0 Å². The third-order valence-electron chi connectivity index (χ3n) is 5.90. The van der Waals surface area contributed by atoms with Crippen molar-refractivity contribution in [3.05, 3.63) is 53.6 Å². The molecule has 0 aliphatic carbocycles. The van der Waals surface area contributed by atoms with Gasteiger partial charge in [0.05, 0.1) is 24.3 Å². The first-order chi connectivity index (χ1) is 16.2. The number of nitrogens with two attached hydrogens (primary N) is 1. The van der Waals surface area contributed by atoms with Crippen molar-refractivity contribution in [1.29, 1.82) is 0 Å². The van der Waals surface area contributed by atoms with Crippen LogP contribution in [0.25, 0.3) is 0 Å². The number of alkyl halides is 3. The second kappa shape index (κ2) is 9.80. The summed E-state index contributed by atoms with van der Waals surface area (Å²) in [5.41, 5.74) is 6.94. The van der Waals surface area contributed by atoms with Crippen LogP contribution in [0.2, 0.25) is 0 Å². The van der Waals surface area contributed by atoms with Gasteiger partial charge in [-0.1, -0.05) is 6.07 Å². The number of ether oxygens (including phenoxy) is 1. The molecular weight excluding hydrogens is 451 g/mol. The number of urea groups is 1. The van der Waals surface area contributed by atoms with E-state index in [2.05, 4.69) is 5.32 Å². The Morgan fingerprint density at radius 3 is 2.29 bits per heavy atom. The summed E-state index contributed by atoms with van der Waals surface area (Å²) in [5, 5.41) is 2.54. The van der Waals surface area contributed by atoms with E-state index in [4.69, 9.17) is 10.5 Å². The van der Waals surface area contributed by atoms with Gasteiger partial charge >= 0.3 is 12.2 Å². The molecule has 2 saturated heterocycles. The minimum Gasteiger partial charge on any atom is -0.399 e. The van der Waals surface area contributed by atoms with E-state index in [-0.39, 0.29) is 11.6 Å². The number of amides is 3. The molecule has 2 aromatic rings. The average molecular weight is 477 g/mol. The summed E-state index contributed by atoms with van der Waals surface area (Å²) >= 11 is 0. The molecule has 8 nitrogen and oxygen atoms in total. The first-order valence-electron chi connectivity index (χ1n) is 11.0. The molecule has 2 fully saturated rings. The standard InChI is InChI=1S/C23H26F3N5O3/c24-23(25,26)16-2-1-3-18(14-16)28-22(33)31-8-6-29(7-9-31)20-5-4-17(27)15-19(20)21(32)30-10-12-34-13-11-30/h1-5,14-15H,6-13,27H2,(H,28,33). The summed E-state index contributed by atoms with van der Waals surface area (Å²) in [4.78, 5) is 31.0. The lowest BCUT2D eigenvalue weighted by Crippen LogP contribution is -2.50. The van der Waals surface area contributed by atoms with Crippen LogP contribution in [0.5, 0.6) is 0 Å². The van der Waals surface area contributed by atoms with E-state index in [1.165, 1.54) is 17.0 Å². The van der Waals surface area contributed by atoms with Crippen molar-refractivity contribution >= 4 is 29.0 Å². The number of carbonyl (C=O) groups excluding carboxylic acids is 2. The highest BCUT2D eigenvalue weighted by Gasteiger charge is 2.31. The highest BCUT2D eigenvalue weighted by molar-refractivity contribution is 6.01. The van der Waals surface area contributed by atoms with Crippen LogP contribution in [0.15, 0.2) is 42.5 Å². The Kier molecular flexibility index (Phi) is 6.82. The number of hydrogen-bond donors (Lipinski definition) is 2. The van der Waals surface area contributed by atoms with Gasteiger partial charge in [0.2, 0.25) is 0 Å². The van der Waals surface area contributed by atoms with E-state index < -0.39 is 17.8 Å². The van der Waals surface area contributed by atoms with Crippen molar-refractivity contribution in [2.45, 2.75) is 6.18 Å². The van der Waals surface area contributed by atoms with Gasteiger partial charge in [-0.25, -0.2) is 4.79 Å². The fraction of sp³-hybridized carbons (Fsp3) is 0.391. The lowest BCUT2D eigenvalue weighted by atomic mass is 10.1. The van der Waals surface area contributed by atoms with Crippen LogP contribution in [-0.2, 0) is 10.9 Å². The van der Waals surface area contributed by atoms with Crippen molar-refractivity contribution in [2.24, 2.45) is 0 Å². The lowest BCUT2D eigenvalue weighted by Gasteiger charge is -2.37. The number of nitrogens with one attached hydrogen (secondary N) is 1. The Morgan fingerprint density at radius 2 is 1.62 bits per heavy atom. The van der Waals surface area contributed by atoms with Crippen LogP contribution in [0.3, 0.4) is 0 Å². The smallest absolute Gasteiger partial charge is 0.399 e. The summed E-state index contributed by atoms with van der Waals surface area (Å²) in [6.45, 7) is 3.62. The molecule has 0 saturated carbocycles. The van der Waals surface area contributed by atoms with Crippen molar-refractivity contribution in [3.63, 3.8) is 0 Å². The topological polar surface area (TPSA) is 91.1 Å². The number of carbonyl (C=O) groups is 2. The fourth-order valence-electron chi connectivity index (χ4n) is 4.06. The van der Waals surface area contributed by atoms with Gasteiger partial charge in [-0.3, -0.25) is 4.79 Å². The summed E-state index contributed by atoms with van der Waals surface area (Å²) in [6, 6.07) is 9.27. The van der Waals surface area contributed by atoms with E-state index in [0.717, 1.165) is 17.8 Å². The molecule has 4 rings (SSSR count). The Morgan fingerprint density at radius 1 is 0.912 bits per heavy atom. The molecule has 2 aliphatic rings. The van der Waals surface area contributed by atoms with E-state index in [1.807, 2.05) is 4.90 Å². The van der Waals surface area contributed by atoms with Gasteiger partial charge in [-0.2, -0.15) is 13.2 Å². The van der Waals surface area contributed by atoms with Gasteiger partial charge in [0.1, 0.15) is 0 Å². The number of hydrogen-bond acceptors (Lipinski definition) is 5. The van der Waals surface area contributed by atoms with E-state index >= 15 is 0 Å². The molecule has 34 heavy (non-hydrogen) atoms. The molecular formula is C23H26F3N5O3. The highest BCUT2D eigenvalue weighted by atomic mass is 19.4. The number of benzene rings is 2. The monoisotopic (exact) mass is 477 g/mol. The van der Waals surface area contributed by atoms with Crippen LogP contribution in [0.4, 0.5) is 35.0 Å². The minimum absolute atomic E-state index is 0.0826.